The van der Waals surface area contributed by atoms with Gasteiger partial charge in [0, 0.05) is 9.86 Å². The minimum absolute atomic E-state index is 0.000000000000000444. The normalized spacial score (nSPS) is 12.2. The molecule has 1 heterocycles. The number of aromatic nitrogens is 2. The Morgan fingerprint density at radius 3 is 2.28 bits per heavy atom. The van der Waals surface area contributed by atoms with Crippen LogP contribution in [-0.2, 0) is 6.18 Å². The van der Waals surface area contributed by atoms with E-state index in [1.807, 2.05) is 0 Å². The smallest absolute Gasteiger partial charge is 0.222 e. The van der Waals surface area contributed by atoms with Gasteiger partial charge < -0.3 is 0 Å². The van der Waals surface area contributed by atoms with E-state index in [1.54, 1.807) is 6.92 Å². The first-order valence-electron chi connectivity index (χ1n) is 4.61. The molecule has 0 N–H and O–H groups in total. The Kier molecular flexibility index (Phi) is 3.72. The highest BCUT2D eigenvalue weighted by molar-refractivity contribution is 9.11. The second-order valence-corrected chi connectivity index (χ2v) is 5.79. The highest BCUT2D eigenvalue weighted by Gasteiger charge is 2.34. The van der Waals surface area contributed by atoms with E-state index in [-0.39, 0.29) is 4.47 Å². The van der Waals surface area contributed by atoms with Crippen molar-refractivity contribution < 1.29 is 13.2 Å². The monoisotopic (exact) mass is 446 g/mol. The lowest BCUT2D eigenvalue weighted by Gasteiger charge is -2.13. The zero-order valence-electron chi connectivity index (χ0n) is 8.74. The first-order valence-corrected chi connectivity index (χ1v) is 6.98. The van der Waals surface area contributed by atoms with Gasteiger partial charge in [0.2, 0.25) is 0 Å². The Balaban J connectivity index is 2.93. The van der Waals surface area contributed by atoms with Crippen LogP contribution in [0.25, 0.3) is 10.9 Å². The largest absolute Gasteiger partial charge is 0.417 e. The van der Waals surface area contributed by atoms with Crippen LogP contribution in [0.15, 0.2) is 19.9 Å². The van der Waals surface area contributed by atoms with E-state index in [0.717, 1.165) is 6.07 Å². The van der Waals surface area contributed by atoms with Crippen LogP contribution in [-0.4, -0.2) is 9.97 Å². The summed E-state index contributed by atoms with van der Waals surface area (Å²) in [5.74, 6) is 0. The van der Waals surface area contributed by atoms with Crippen molar-refractivity contribution in [2.45, 2.75) is 13.1 Å². The molecule has 18 heavy (non-hydrogen) atoms. The number of benzene rings is 1. The van der Waals surface area contributed by atoms with E-state index < -0.39 is 11.7 Å². The Morgan fingerprint density at radius 1 is 1.11 bits per heavy atom. The zero-order valence-corrected chi connectivity index (χ0v) is 13.5. The van der Waals surface area contributed by atoms with Crippen molar-refractivity contribution in [2.75, 3.05) is 0 Å². The van der Waals surface area contributed by atoms with Crippen molar-refractivity contribution in [3.05, 3.63) is 31.0 Å². The maximum atomic E-state index is 12.9. The Labute approximate surface area is 125 Å². The maximum Gasteiger partial charge on any atom is 0.417 e. The van der Waals surface area contributed by atoms with E-state index in [1.165, 1.54) is 0 Å². The first kappa shape index (κ1) is 14.2. The molecule has 0 fully saturated rings. The molecule has 0 saturated carbocycles. The quantitative estimate of drug-likeness (QED) is 0.406. The molecule has 0 bridgehead atoms. The van der Waals surface area contributed by atoms with Gasteiger partial charge in [-0.15, -0.1) is 0 Å². The van der Waals surface area contributed by atoms with Gasteiger partial charge in [-0.3, -0.25) is 0 Å². The number of hydrogen-bond donors (Lipinski definition) is 0. The lowest BCUT2D eigenvalue weighted by molar-refractivity contribution is -0.138. The predicted octanol–water partition coefficient (Wildman–Crippen LogP) is 5.24. The summed E-state index contributed by atoms with van der Waals surface area (Å²) in [7, 11) is 0. The molecular formula is C10H4Br3F3N2. The Hall–Kier alpha value is -0.210. The van der Waals surface area contributed by atoms with Crippen molar-refractivity contribution in [1.29, 1.82) is 0 Å². The molecule has 0 unspecified atom stereocenters. The first-order chi connectivity index (χ1) is 8.21. The highest BCUT2D eigenvalue weighted by atomic mass is 79.9. The van der Waals surface area contributed by atoms with E-state index in [0.29, 0.717) is 25.8 Å². The van der Waals surface area contributed by atoms with Crippen LogP contribution in [0, 0.1) is 6.92 Å². The molecule has 0 aliphatic heterocycles. The minimum atomic E-state index is -4.43. The van der Waals surface area contributed by atoms with Crippen LogP contribution in [0.5, 0.6) is 0 Å². The van der Waals surface area contributed by atoms with Crippen molar-refractivity contribution in [3.8, 4) is 0 Å². The topological polar surface area (TPSA) is 25.8 Å². The number of nitrogens with zero attached hydrogens (tertiary/aromatic N) is 2. The van der Waals surface area contributed by atoms with Crippen LogP contribution < -0.4 is 0 Å². The van der Waals surface area contributed by atoms with Crippen molar-refractivity contribution in [3.63, 3.8) is 0 Å². The molecule has 2 aromatic rings. The van der Waals surface area contributed by atoms with E-state index in [4.69, 9.17) is 0 Å². The summed E-state index contributed by atoms with van der Waals surface area (Å²) in [6.07, 6.45) is -4.43. The second-order valence-electron chi connectivity index (χ2n) is 3.54. The summed E-state index contributed by atoms with van der Waals surface area (Å²) >= 11 is 9.23. The van der Waals surface area contributed by atoms with Gasteiger partial charge in [-0.2, -0.15) is 13.2 Å². The lowest BCUT2D eigenvalue weighted by atomic mass is 10.1. The van der Waals surface area contributed by atoms with E-state index >= 15 is 0 Å². The van der Waals surface area contributed by atoms with Gasteiger partial charge in [-0.05, 0) is 66.3 Å². The van der Waals surface area contributed by atoms with Crippen LogP contribution in [0.2, 0.25) is 0 Å². The maximum absolute atomic E-state index is 12.9. The van der Waals surface area contributed by atoms with Gasteiger partial charge in [0.05, 0.1) is 11.1 Å². The average molecular weight is 449 g/mol. The molecule has 0 saturated heterocycles. The third-order valence-corrected chi connectivity index (χ3v) is 4.37. The molecule has 0 spiro atoms. The molecule has 1 aromatic carbocycles. The minimum Gasteiger partial charge on any atom is -0.222 e. The third-order valence-electron chi connectivity index (χ3n) is 2.39. The van der Waals surface area contributed by atoms with Gasteiger partial charge in [-0.1, -0.05) is 0 Å². The van der Waals surface area contributed by atoms with Crippen LogP contribution in [0.1, 0.15) is 11.1 Å². The molecule has 1 aromatic heterocycles. The molecule has 2 rings (SSSR count). The summed E-state index contributed by atoms with van der Waals surface area (Å²) < 4.78 is 39.3. The summed E-state index contributed by atoms with van der Waals surface area (Å²) in [4.78, 5) is 8.03. The third kappa shape index (κ3) is 2.42. The summed E-state index contributed by atoms with van der Waals surface area (Å²) in [5.41, 5.74) is 0.145. The van der Waals surface area contributed by atoms with Crippen molar-refractivity contribution >= 4 is 58.7 Å². The van der Waals surface area contributed by atoms with Gasteiger partial charge in [-0.25, -0.2) is 9.97 Å². The molecular weight excluding hydrogens is 445 g/mol. The number of fused-ring (bicyclic) bond motifs is 1. The highest BCUT2D eigenvalue weighted by Crippen LogP contribution is 2.40. The van der Waals surface area contributed by atoms with E-state index in [9.17, 15) is 13.2 Å². The number of halogens is 6. The van der Waals surface area contributed by atoms with Crippen LogP contribution in [0.4, 0.5) is 13.2 Å². The SMILES string of the molecule is Cc1c(Br)c(C(F)(F)F)cc2c(Br)nc(Br)nc12. The molecule has 0 aliphatic rings. The average Bonchev–Trinajstić information content (AvgIpc) is 2.22. The molecule has 0 radical (unpaired) electrons. The summed E-state index contributed by atoms with van der Waals surface area (Å²) in [5, 5.41) is 0.325. The van der Waals surface area contributed by atoms with Crippen molar-refractivity contribution in [2.24, 2.45) is 0 Å². The fourth-order valence-corrected chi connectivity index (χ4v) is 3.14. The Bertz CT molecular complexity index is 641. The Morgan fingerprint density at radius 2 is 1.72 bits per heavy atom. The summed E-state index contributed by atoms with van der Waals surface area (Å²) in [6, 6.07) is 1.03. The van der Waals surface area contributed by atoms with Crippen molar-refractivity contribution in [1.82, 2.24) is 9.97 Å². The fourth-order valence-electron chi connectivity index (χ4n) is 1.55. The number of alkyl halides is 3. The van der Waals surface area contributed by atoms with E-state index in [2.05, 4.69) is 57.8 Å². The molecule has 0 aliphatic carbocycles. The number of rotatable bonds is 0. The summed E-state index contributed by atoms with van der Waals surface area (Å²) in [6.45, 7) is 1.58. The zero-order chi connectivity index (χ0) is 13.7. The molecule has 8 heteroatoms. The number of aryl methyl sites for hydroxylation is 1. The van der Waals surface area contributed by atoms with Gasteiger partial charge in [0.25, 0.3) is 0 Å². The molecule has 0 amide bonds. The second kappa shape index (κ2) is 4.72. The van der Waals surface area contributed by atoms with Gasteiger partial charge in [0.15, 0.2) is 4.73 Å². The fraction of sp³-hybridized carbons (Fsp3) is 0.200. The molecule has 96 valence electrons. The molecule has 0 atom stereocenters. The van der Waals surface area contributed by atoms with Crippen LogP contribution in [0.3, 0.4) is 0 Å². The number of hydrogen-bond acceptors (Lipinski definition) is 2. The van der Waals surface area contributed by atoms with Gasteiger partial charge >= 0.3 is 6.18 Å². The standard InChI is InChI=1S/C10H4Br3F3N2/c1-3-6(11)5(10(14,15)16)2-4-7(3)17-9(13)18-8(4)12/h2H,1H3. The van der Waals surface area contributed by atoms with Gasteiger partial charge in [0.1, 0.15) is 4.60 Å². The van der Waals surface area contributed by atoms with Crippen LogP contribution >= 0.6 is 47.8 Å². The predicted molar refractivity (Wildman–Crippen MR) is 72.4 cm³/mol. The lowest BCUT2D eigenvalue weighted by Crippen LogP contribution is -2.08. The molecule has 2 nitrogen and oxygen atoms in total.